The molecule has 0 saturated carbocycles. The van der Waals surface area contributed by atoms with E-state index in [1.54, 1.807) is 36.4 Å². The number of fused-ring (bicyclic) bond motifs is 10. The minimum atomic E-state index is -0.469. The van der Waals surface area contributed by atoms with Gasteiger partial charge in [-0.15, -0.1) is 0 Å². The highest BCUT2D eigenvalue weighted by Crippen LogP contribution is 2.49. The third-order valence-electron chi connectivity index (χ3n) is 10.3. The molecule has 0 radical (unpaired) electrons. The minimum absolute atomic E-state index is 0.00393. The molecule has 0 atom stereocenters. The average molecular weight is 676 g/mol. The summed E-state index contributed by atoms with van der Waals surface area (Å²) in [7, 11) is 0. The van der Waals surface area contributed by atoms with E-state index in [1.807, 2.05) is 48.5 Å². The highest BCUT2D eigenvalue weighted by molar-refractivity contribution is 6.38. The number of carbonyl (C=O) groups excluding carboxylic acids is 2. The number of nitrogens with zero attached hydrogens (tertiary/aromatic N) is 4. The monoisotopic (exact) mass is 675 g/mol. The zero-order valence-electron chi connectivity index (χ0n) is 28.3. The molecule has 0 unspecified atom stereocenters. The summed E-state index contributed by atoms with van der Waals surface area (Å²) in [6.07, 6.45) is 19.4. The first-order chi connectivity index (χ1) is 25.5. The van der Waals surface area contributed by atoms with Crippen LogP contribution in [0.1, 0.15) is 62.4 Å². The first-order valence-corrected chi connectivity index (χ1v) is 17.5. The van der Waals surface area contributed by atoms with Gasteiger partial charge in [0.2, 0.25) is 0 Å². The number of hydrogen-bond acceptors (Lipinski definition) is 4. The Kier molecular flexibility index (Phi) is 7.27. The van der Waals surface area contributed by atoms with E-state index in [9.17, 15) is 14.9 Å². The lowest BCUT2D eigenvalue weighted by atomic mass is 9.95. The first-order valence-electron chi connectivity index (χ1n) is 17.5. The second kappa shape index (κ2) is 12.1. The Labute approximate surface area is 300 Å². The van der Waals surface area contributed by atoms with Crippen molar-refractivity contribution in [2.24, 2.45) is 5.73 Å². The maximum atomic E-state index is 14.9. The van der Waals surface area contributed by atoms with Gasteiger partial charge in [-0.25, -0.2) is 4.90 Å². The second-order valence-electron chi connectivity index (χ2n) is 13.2. The number of hydrogen-bond donors (Lipinski definition) is 1. The average Bonchev–Trinajstić information content (AvgIpc) is 3.80. The first kappa shape index (κ1) is 31.1. The fourth-order valence-electron chi connectivity index (χ4n) is 8.03. The van der Waals surface area contributed by atoms with Gasteiger partial charge in [-0.3, -0.25) is 9.59 Å². The minimum Gasteiger partial charge on any atom is -0.385 e. The van der Waals surface area contributed by atoms with Crippen molar-refractivity contribution in [2.75, 3.05) is 0 Å². The lowest BCUT2D eigenvalue weighted by molar-refractivity contribution is 0.0703. The Morgan fingerprint density at radius 3 is 2.35 bits per heavy atom. The van der Waals surface area contributed by atoms with Crippen molar-refractivity contribution in [3.8, 4) is 11.8 Å². The third-order valence-corrected chi connectivity index (χ3v) is 10.3. The topological polar surface area (TPSA) is 97.0 Å². The van der Waals surface area contributed by atoms with Gasteiger partial charge in [-0.05, 0) is 79.3 Å². The van der Waals surface area contributed by atoms with Crippen LogP contribution in [-0.4, -0.2) is 25.8 Å². The summed E-state index contributed by atoms with van der Waals surface area (Å²) in [5.41, 5.74) is 15.8. The number of rotatable bonds is 6. The van der Waals surface area contributed by atoms with Crippen LogP contribution in [0, 0.1) is 11.3 Å². The molecule has 2 N–H and O–H groups in total. The smallest absolute Gasteiger partial charge is 0.269 e. The number of allylic oxidation sites excluding steroid dienone is 9. The lowest BCUT2D eigenvalue weighted by Gasteiger charge is -2.17. The molecular formula is C45H33N5O2. The highest BCUT2D eigenvalue weighted by Gasteiger charge is 2.44. The predicted octanol–water partition coefficient (Wildman–Crippen LogP) is 9.43. The lowest BCUT2D eigenvalue weighted by Crippen LogP contribution is -2.33. The fourth-order valence-corrected chi connectivity index (χ4v) is 8.03. The molecule has 7 heteroatoms. The summed E-state index contributed by atoms with van der Waals surface area (Å²) < 4.78 is 4.34. The molecule has 0 saturated heterocycles. The number of nitriles is 1. The van der Waals surface area contributed by atoms with Gasteiger partial charge in [-0.1, -0.05) is 91.6 Å². The number of nitrogens with two attached hydrogens (primary N) is 1. The van der Waals surface area contributed by atoms with Crippen LogP contribution < -0.4 is 5.73 Å². The van der Waals surface area contributed by atoms with Gasteiger partial charge in [0.05, 0.1) is 39.3 Å². The van der Waals surface area contributed by atoms with Crippen LogP contribution in [0.3, 0.4) is 0 Å². The quantitative estimate of drug-likeness (QED) is 0.141. The molecule has 0 bridgehead atoms. The number of aromatic nitrogens is 2. The Bertz CT molecular complexity index is 2760. The molecule has 2 aliphatic carbocycles. The van der Waals surface area contributed by atoms with E-state index in [1.165, 1.54) is 0 Å². The SMILES string of the molecule is C=C(/C=C\C=C(/N)N1C(=O)c2c(c3c(c4ccccc4n3-c3ccccc3)c3c4c(n(C5=CCCC=C5)c23)CCC=C4)C1=O)c1cccc(C#N)c1. The normalized spacial score (nSPS) is 15.6. The Balaban J connectivity index is 1.33. The van der Waals surface area contributed by atoms with Crippen LogP contribution in [0.4, 0.5) is 0 Å². The number of amides is 2. The van der Waals surface area contributed by atoms with Crippen molar-refractivity contribution >= 4 is 61.9 Å². The Hall–Kier alpha value is -6.91. The van der Waals surface area contributed by atoms with Crippen LogP contribution in [-0.2, 0) is 6.42 Å². The van der Waals surface area contributed by atoms with Crippen LogP contribution in [0.25, 0.3) is 55.7 Å². The molecule has 0 spiro atoms. The molecule has 7 nitrogen and oxygen atoms in total. The molecule has 4 aromatic carbocycles. The van der Waals surface area contributed by atoms with E-state index < -0.39 is 11.8 Å². The van der Waals surface area contributed by atoms with Crippen molar-refractivity contribution in [2.45, 2.75) is 25.7 Å². The van der Waals surface area contributed by atoms with Gasteiger partial charge >= 0.3 is 0 Å². The molecule has 9 rings (SSSR count). The van der Waals surface area contributed by atoms with Crippen molar-refractivity contribution in [3.05, 3.63) is 167 Å². The van der Waals surface area contributed by atoms with Crippen LogP contribution in [0.5, 0.6) is 0 Å². The number of para-hydroxylation sites is 2. The zero-order chi connectivity index (χ0) is 35.5. The molecule has 3 aliphatic rings. The second-order valence-corrected chi connectivity index (χ2v) is 13.2. The van der Waals surface area contributed by atoms with Gasteiger partial charge in [0.25, 0.3) is 11.8 Å². The van der Waals surface area contributed by atoms with E-state index in [4.69, 9.17) is 5.73 Å². The summed E-state index contributed by atoms with van der Waals surface area (Å²) in [5, 5.41) is 12.2. The summed E-state index contributed by atoms with van der Waals surface area (Å²) in [4.78, 5) is 31.0. The summed E-state index contributed by atoms with van der Waals surface area (Å²) in [6.45, 7) is 4.13. The summed E-state index contributed by atoms with van der Waals surface area (Å²) in [5.74, 6) is -0.923. The van der Waals surface area contributed by atoms with Gasteiger partial charge in [0.15, 0.2) is 0 Å². The molecular weight excluding hydrogens is 643 g/mol. The van der Waals surface area contributed by atoms with Crippen LogP contribution >= 0.6 is 0 Å². The molecule has 0 fully saturated rings. The highest BCUT2D eigenvalue weighted by atomic mass is 16.2. The van der Waals surface area contributed by atoms with Crippen LogP contribution in [0.15, 0.2) is 134 Å². The third kappa shape index (κ3) is 4.58. The van der Waals surface area contributed by atoms with Gasteiger partial charge in [0, 0.05) is 38.8 Å². The van der Waals surface area contributed by atoms with E-state index in [-0.39, 0.29) is 5.82 Å². The Morgan fingerprint density at radius 1 is 0.827 bits per heavy atom. The van der Waals surface area contributed by atoms with E-state index >= 15 is 0 Å². The molecule has 52 heavy (non-hydrogen) atoms. The van der Waals surface area contributed by atoms with E-state index in [0.717, 1.165) is 86.0 Å². The standard InChI is InChI=1S/C45H33N5O2/c1-28(30-16-13-15-29(26-30)27-46)14-12-25-37(47)50-44(51)40-41(45(50)52)43-39(34-22-9-11-24-36(34)49(43)32-19-6-3-7-20-32)38-33-21-8-10-23-35(33)48(42(38)40)31-17-4-2-5-18-31/h2,4-6,8-10,12-23,25-26H,1,3,7,11,24,47H2/b14-12-,37-25+. The van der Waals surface area contributed by atoms with E-state index in [2.05, 4.69) is 64.3 Å². The van der Waals surface area contributed by atoms with Crippen molar-refractivity contribution in [1.29, 1.82) is 5.26 Å². The van der Waals surface area contributed by atoms with Gasteiger partial charge in [0.1, 0.15) is 5.82 Å². The fraction of sp³-hybridized carbons (Fsp3) is 0.0889. The zero-order valence-corrected chi connectivity index (χ0v) is 28.3. The van der Waals surface area contributed by atoms with Gasteiger partial charge in [-0.2, -0.15) is 5.26 Å². The van der Waals surface area contributed by atoms with Crippen molar-refractivity contribution in [1.82, 2.24) is 14.0 Å². The number of benzene rings is 4. The van der Waals surface area contributed by atoms with Crippen molar-refractivity contribution in [3.63, 3.8) is 0 Å². The molecule has 2 aromatic heterocycles. The predicted molar refractivity (Wildman–Crippen MR) is 208 cm³/mol. The van der Waals surface area contributed by atoms with Crippen molar-refractivity contribution < 1.29 is 9.59 Å². The maximum Gasteiger partial charge on any atom is 0.269 e. The maximum absolute atomic E-state index is 14.9. The molecule has 2 amide bonds. The van der Waals surface area contributed by atoms with Gasteiger partial charge < -0.3 is 14.9 Å². The summed E-state index contributed by atoms with van der Waals surface area (Å²) in [6, 6.07) is 27.5. The largest absolute Gasteiger partial charge is 0.385 e. The summed E-state index contributed by atoms with van der Waals surface area (Å²) >= 11 is 0. The Morgan fingerprint density at radius 2 is 1.58 bits per heavy atom. The number of imide groups is 1. The molecule has 3 heterocycles. The molecule has 1 aliphatic heterocycles. The van der Waals surface area contributed by atoms with E-state index in [0.29, 0.717) is 27.8 Å². The number of carbonyl (C=O) groups is 2. The molecule has 6 aromatic rings. The van der Waals surface area contributed by atoms with Crippen LogP contribution in [0.2, 0.25) is 0 Å². The molecule has 250 valence electrons.